The molecular formula is C17H23N. The molecule has 0 heterocycles. The van der Waals surface area contributed by atoms with Crippen molar-refractivity contribution < 1.29 is 0 Å². The molecule has 0 aliphatic carbocycles. The van der Waals surface area contributed by atoms with Crippen molar-refractivity contribution in [1.29, 1.82) is 0 Å². The molecule has 0 saturated carbocycles. The predicted molar refractivity (Wildman–Crippen MR) is 80.1 cm³/mol. The zero-order valence-electron chi connectivity index (χ0n) is 11.6. The SMILES string of the molecule is CC(C)NCCC(C)c1ccc2ccccc2c1. The van der Waals surface area contributed by atoms with Gasteiger partial charge in [0.25, 0.3) is 0 Å². The van der Waals surface area contributed by atoms with E-state index in [0.717, 1.165) is 6.54 Å². The quantitative estimate of drug-likeness (QED) is 0.821. The number of hydrogen-bond acceptors (Lipinski definition) is 1. The van der Waals surface area contributed by atoms with Gasteiger partial charge in [-0.2, -0.15) is 0 Å². The first-order valence-electron chi connectivity index (χ1n) is 6.89. The molecule has 0 aliphatic rings. The maximum atomic E-state index is 3.48. The Morgan fingerprint density at radius 3 is 2.39 bits per heavy atom. The van der Waals surface area contributed by atoms with Crippen molar-refractivity contribution in [3.05, 3.63) is 48.0 Å². The van der Waals surface area contributed by atoms with Crippen LogP contribution in [0.2, 0.25) is 0 Å². The second kappa shape index (κ2) is 6.01. The number of fused-ring (bicyclic) bond motifs is 1. The van der Waals surface area contributed by atoms with Crippen LogP contribution in [0, 0.1) is 0 Å². The Morgan fingerprint density at radius 2 is 1.67 bits per heavy atom. The molecule has 2 rings (SSSR count). The first-order chi connectivity index (χ1) is 8.66. The summed E-state index contributed by atoms with van der Waals surface area (Å²) in [6.45, 7) is 7.79. The second-order valence-electron chi connectivity index (χ2n) is 5.41. The molecule has 0 fully saturated rings. The van der Waals surface area contributed by atoms with E-state index in [1.54, 1.807) is 0 Å². The van der Waals surface area contributed by atoms with E-state index in [1.165, 1.54) is 22.8 Å². The molecule has 96 valence electrons. The molecule has 0 aliphatic heterocycles. The highest BCUT2D eigenvalue weighted by Crippen LogP contribution is 2.23. The van der Waals surface area contributed by atoms with Gasteiger partial charge < -0.3 is 5.32 Å². The van der Waals surface area contributed by atoms with Crippen LogP contribution in [0.15, 0.2) is 42.5 Å². The summed E-state index contributed by atoms with van der Waals surface area (Å²) in [5.74, 6) is 0.612. The van der Waals surface area contributed by atoms with Crippen LogP contribution in [0.1, 0.15) is 38.7 Å². The molecule has 0 radical (unpaired) electrons. The summed E-state index contributed by atoms with van der Waals surface area (Å²) in [5.41, 5.74) is 1.44. The van der Waals surface area contributed by atoms with Gasteiger partial charge in [0.05, 0.1) is 0 Å². The smallest absolute Gasteiger partial charge is 0.00103 e. The van der Waals surface area contributed by atoms with Gasteiger partial charge in [0.1, 0.15) is 0 Å². The fraction of sp³-hybridized carbons (Fsp3) is 0.412. The van der Waals surface area contributed by atoms with Gasteiger partial charge in [0, 0.05) is 6.04 Å². The fourth-order valence-corrected chi connectivity index (χ4v) is 2.27. The normalized spacial score (nSPS) is 13.1. The third kappa shape index (κ3) is 3.33. The first-order valence-corrected chi connectivity index (χ1v) is 6.89. The molecule has 1 heteroatoms. The molecule has 0 saturated heterocycles. The Labute approximate surface area is 110 Å². The van der Waals surface area contributed by atoms with Gasteiger partial charge >= 0.3 is 0 Å². The summed E-state index contributed by atoms with van der Waals surface area (Å²) in [4.78, 5) is 0. The third-order valence-electron chi connectivity index (χ3n) is 3.47. The van der Waals surface area contributed by atoms with Gasteiger partial charge in [0.15, 0.2) is 0 Å². The van der Waals surface area contributed by atoms with Gasteiger partial charge in [-0.15, -0.1) is 0 Å². The van der Waals surface area contributed by atoms with E-state index in [9.17, 15) is 0 Å². The maximum absolute atomic E-state index is 3.48. The lowest BCUT2D eigenvalue weighted by molar-refractivity contribution is 0.541. The number of nitrogens with one attached hydrogen (secondary N) is 1. The van der Waals surface area contributed by atoms with Gasteiger partial charge in [-0.1, -0.05) is 63.2 Å². The molecule has 2 aromatic rings. The van der Waals surface area contributed by atoms with E-state index < -0.39 is 0 Å². The standard InChI is InChI=1S/C17H23N/c1-13(2)18-11-10-14(3)16-9-8-15-6-4-5-7-17(15)12-16/h4-9,12-14,18H,10-11H2,1-3H3. The molecule has 0 aromatic heterocycles. The third-order valence-corrected chi connectivity index (χ3v) is 3.47. The molecule has 0 bridgehead atoms. The van der Waals surface area contributed by atoms with Crippen molar-refractivity contribution in [2.24, 2.45) is 0 Å². The van der Waals surface area contributed by atoms with E-state index in [-0.39, 0.29) is 0 Å². The van der Waals surface area contributed by atoms with Crippen LogP contribution >= 0.6 is 0 Å². The largest absolute Gasteiger partial charge is 0.315 e. The molecule has 1 nitrogen and oxygen atoms in total. The topological polar surface area (TPSA) is 12.0 Å². The zero-order chi connectivity index (χ0) is 13.0. The van der Waals surface area contributed by atoms with E-state index in [4.69, 9.17) is 0 Å². The Hall–Kier alpha value is -1.34. The molecule has 18 heavy (non-hydrogen) atoms. The van der Waals surface area contributed by atoms with Crippen molar-refractivity contribution >= 4 is 10.8 Å². The Morgan fingerprint density at radius 1 is 0.944 bits per heavy atom. The second-order valence-corrected chi connectivity index (χ2v) is 5.41. The highest BCUT2D eigenvalue weighted by molar-refractivity contribution is 5.83. The van der Waals surface area contributed by atoms with Crippen molar-refractivity contribution in [2.75, 3.05) is 6.54 Å². The van der Waals surface area contributed by atoms with E-state index in [1.807, 2.05) is 0 Å². The predicted octanol–water partition coefficient (Wildman–Crippen LogP) is 4.33. The van der Waals surface area contributed by atoms with Crippen LogP contribution in [0.25, 0.3) is 10.8 Å². The van der Waals surface area contributed by atoms with Gasteiger partial charge in [0.2, 0.25) is 0 Å². The molecule has 1 unspecified atom stereocenters. The molecule has 2 aromatic carbocycles. The molecule has 0 amide bonds. The number of hydrogen-bond donors (Lipinski definition) is 1. The average molecular weight is 241 g/mol. The summed E-state index contributed by atoms with van der Waals surface area (Å²) in [5, 5.41) is 6.16. The number of rotatable bonds is 5. The molecule has 1 N–H and O–H groups in total. The summed E-state index contributed by atoms with van der Waals surface area (Å²) >= 11 is 0. The maximum Gasteiger partial charge on any atom is 0.00103 e. The minimum Gasteiger partial charge on any atom is -0.315 e. The average Bonchev–Trinajstić information content (AvgIpc) is 2.37. The van der Waals surface area contributed by atoms with E-state index in [2.05, 4.69) is 68.6 Å². The van der Waals surface area contributed by atoms with Crippen molar-refractivity contribution in [2.45, 2.75) is 39.2 Å². The summed E-state index contributed by atoms with van der Waals surface area (Å²) in [7, 11) is 0. The Kier molecular flexibility index (Phi) is 4.38. The zero-order valence-corrected chi connectivity index (χ0v) is 11.6. The van der Waals surface area contributed by atoms with Crippen molar-refractivity contribution in [3.8, 4) is 0 Å². The van der Waals surface area contributed by atoms with E-state index in [0.29, 0.717) is 12.0 Å². The van der Waals surface area contributed by atoms with Crippen LogP contribution < -0.4 is 5.32 Å². The molecule has 1 atom stereocenters. The van der Waals surface area contributed by atoms with Crippen LogP contribution in [-0.4, -0.2) is 12.6 Å². The summed E-state index contributed by atoms with van der Waals surface area (Å²) < 4.78 is 0. The lowest BCUT2D eigenvalue weighted by Crippen LogP contribution is -2.24. The molecule has 0 spiro atoms. The highest BCUT2D eigenvalue weighted by Gasteiger charge is 2.06. The van der Waals surface area contributed by atoms with Gasteiger partial charge in [-0.25, -0.2) is 0 Å². The minimum absolute atomic E-state index is 0.578. The van der Waals surface area contributed by atoms with E-state index >= 15 is 0 Å². The fourth-order valence-electron chi connectivity index (χ4n) is 2.27. The van der Waals surface area contributed by atoms with Crippen molar-refractivity contribution in [3.63, 3.8) is 0 Å². The lowest BCUT2D eigenvalue weighted by atomic mass is 9.95. The van der Waals surface area contributed by atoms with Gasteiger partial charge in [-0.3, -0.25) is 0 Å². The molecular weight excluding hydrogens is 218 g/mol. The summed E-state index contributed by atoms with van der Waals surface area (Å²) in [6, 6.07) is 16.0. The first kappa shape index (κ1) is 13.1. The monoisotopic (exact) mass is 241 g/mol. The summed E-state index contributed by atoms with van der Waals surface area (Å²) in [6.07, 6.45) is 1.19. The van der Waals surface area contributed by atoms with Crippen LogP contribution in [0.3, 0.4) is 0 Å². The van der Waals surface area contributed by atoms with Crippen LogP contribution in [0.5, 0.6) is 0 Å². The lowest BCUT2D eigenvalue weighted by Gasteiger charge is -2.14. The number of benzene rings is 2. The minimum atomic E-state index is 0.578. The van der Waals surface area contributed by atoms with Crippen LogP contribution in [0.4, 0.5) is 0 Å². The Balaban J connectivity index is 2.06. The van der Waals surface area contributed by atoms with Crippen LogP contribution in [-0.2, 0) is 0 Å². The Bertz CT molecular complexity index is 502. The highest BCUT2D eigenvalue weighted by atomic mass is 14.9. The van der Waals surface area contributed by atoms with Crippen molar-refractivity contribution in [1.82, 2.24) is 5.32 Å². The van der Waals surface area contributed by atoms with Gasteiger partial charge in [-0.05, 0) is 35.2 Å².